The molecular weight excluding hydrogens is 369 g/mol. The van der Waals surface area contributed by atoms with Gasteiger partial charge in [-0.2, -0.15) is 0 Å². The number of amides is 2. The third-order valence-corrected chi connectivity index (χ3v) is 5.35. The van der Waals surface area contributed by atoms with Crippen molar-refractivity contribution >= 4 is 34.8 Å². The Hall–Kier alpha value is -2.60. The average Bonchev–Trinajstić information content (AvgIpc) is 3.07. The second-order valence-corrected chi connectivity index (χ2v) is 7.33. The van der Waals surface area contributed by atoms with Crippen LogP contribution in [0.2, 0.25) is 5.02 Å². The minimum absolute atomic E-state index is 0.0357. The van der Waals surface area contributed by atoms with Crippen molar-refractivity contribution in [1.29, 1.82) is 0 Å². The van der Waals surface area contributed by atoms with Crippen LogP contribution in [-0.2, 0) is 16.0 Å². The third kappa shape index (κ3) is 3.62. The van der Waals surface area contributed by atoms with Gasteiger partial charge in [0.15, 0.2) is 0 Å². The largest absolute Gasteiger partial charge is 0.356 e. The predicted molar refractivity (Wildman–Crippen MR) is 102 cm³/mol. The fraction of sp³-hybridized carbons (Fsp3) is 0.300. The summed E-state index contributed by atoms with van der Waals surface area (Å²) in [4.78, 5) is 26.7. The van der Waals surface area contributed by atoms with E-state index in [0.717, 1.165) is 16.9 Å². The van der Waals surface area contributed by atoms with Gasteiger partial charge in [-0.15, -0.1) is 0 Å². The minimum Gasteiger partial charge on any atom is -0.356 e. The Morgan fingerprint density at radius 3 is 2.93 bits per heavy atom. The molecule has 4 rings (SSSR count). The monoisotopic (exact) mass is 387 g/mol. The number of rotatable bonds is 4. The molecule has 2 aliphatic rings. The van der Waals surface area contributed by atoms with Gasteiger partial charge in [0.2, 0.25) is 11.8 Å². The van der Waals surface area contributed by atoms with E-state index in [4.69, 9.17) is 11.6 Å². The van der Waals surface area contributed by atoms with E-state index in [2.05, 4.69) is 15.5 Å². The number of hydrogen-bond donors (Lipinski definition) is 2. The molecule has 0 aromatic heterocycles. The molecule has 2 aromatic carbocycles. The van der Waals surface area contributed by atoms with E-state index in [-0.39, 0.29) is 35.3 Å². The highest BCUT2D eigenvalue weighted by Crippen LogP contribution is 2.36. The molecule has 27 heavy (non-hydrogen) atoms. The van der Waals surface area contributed by atoms with Crippen molar-refractivity contribution in [1.82, 2.24) is 5.32 Å². The zero-order valence-corrected chi connectivity index (χ0v) is 15.3. The van der Waals surface area contributed by atoms with Gasteiger partial charge < -0.3 is 15.5 Å². The highest BCUT2D eigenvalue weighted by atomic mass is 35.5. The van der Waals surface area contributed by atoms with Crippen LogP contribution in [0, 0.1) is 5.82 Å². The number of para-hydroxylation sites is 2. The number of carbonyl (C=O) groups is 2. The molecular formula is C20H19ClFN3O2. The standard InChI is InChI=1S/C20H19ClFN3O2/c21-14-9-12(5-7-15(14)22)6-8-19(26)23-13-10-18-20(27)24-16-3-1-2-4-17(16)25(18)11-13/h1-5,7,9,13,18H,6,8,10-11H2,(H,23,26)(H,24,27). The van der Waals surface area contributed by atoms with Gasteiger partial charge in [-0.25, -0.2) is 4.39 Å². The normalized spacial score (nSPS) is 20.7. The predicted octanol–water partition coefficient (Wildman–Crippen LogP) is 3.13. The summed E-state index contributed by atoms with van der Waals surface area (Å²) >= 11 is 5.77. The number of fused-ring (bicyclic) bond motifs is 3. The topological polar surface area (TPSA) is 61.4 Å². The Morgan fingerprint density at radius 1 is 1.30 bits per heavy atom. The average molecular weight is 388 g/mol. The Morgan fingerprint density at radius 2 is 2.11 bits per heavy atom. The first kappa shape index (κ1) is 17.8. The lowest BCUT2D eigenvalue weighted by Gasteiger charge is -2.32. The van der Waals surface area contributed by atoms with Gasteiger partial charge in [-0.1, -0.05) is 29.8 Å². The maximum absolute atomic E-state index is 13.2. The van der Waals surface area contributed by atoms with Crippen molar-refractivity contribution in [2.75, 3.05) is 16.8 Å². The lowest BCUT2D eigenvalue weighted by atomic mass is 10.1. The molecule has 1 saturated heterocycles. The van der Waals surface area contributed by atoms with Gasteiger partial charge in [-0.3, -0.25) is 9.59 Å². The number of hydrogen-bond acceptors (Lipinski definition) is 3. The molecule has 2 aromatic rings. The van der Waals surface area contributed by atoms with Gasteiger partial charge in [0.1, 0.15) is 11.9 Å². The molecule has 2 atom stereocenters. The fourth-order valence-electron chi connectivity index (χ4n) is 3.75. The van der Waals surface area contributed by atoms with Crippen LogP contribution in [0.3, 0.4) is 0 Å². The van der Waals surface area contributed by atoms with Crippen LogP contribution < -0.4 is 15.5 Å². The van der Waals surface area contributed by atoms with Crippen LogP contribution in [0.15, 0.2) is 42.5 Å². The highest BCUT2D eigenvalue weighted by Gasteiger charge is 2.41. The first-order valence-corrected chi connectivity index (χ1v) is 9.29. The van der Waals surface area contributed by atoms with Gasteiger partial charge in [-0.05, 0) is 42.7 Å². The van der Waals surface area contributed by atoms with Crippen LogP contribution in [0.5, 0.6) is 0 Å². The highest BCUT2D eigenvalue weighted by molar-refractivity contribution is 6.30. The zero-order chi connectivity index (χ0) is 19.0. The Kier molecular flexibility index (Phi) is 4.74. The first-order chi connectivity index (χ1) is 13.0. The van der Waals surface area contributed by atoms with Crippen LogP contribution in [0.1, 0.15) is 18.4 Å². The molecule has 2 amide bonds. The number of anilines is 2. The maximum atomic E-state index is 13.2. The molecule has 5 nitrogen and oxygen atoms in total. The number of carbonyl (C=O) groups excluding carboxylic acids is 2. The number of nitrogens with zero attached hydrogens (tertiary/aromatic N) is 1. The maximum Gasteiger partial charge on any atom is 0.247 e. The lowest BCUT2D eigenvalue weighted by molar-refractivity contribution is -0.122. The summed E-state index contributed by atoms with van der Waals surface area (Å²) in [5, 5.41) is 6.00. The van der Waals surface area contributed by atoms with Crippen molar-refractivity contribution in [3.8, 4) is 0 Å². The van der Waals surface area contributed by atoms with Crippen molar-refractivity contribution in [2.45, 2.75) is 31.3 Å². The smallest absolute Gasteiger partial charge is 0.247 e. The van der Waals surface area contributed by atoms with E-state index < -0.39 is 5.82 Å². The summed E-state index contributed by atoms with van der Waals surface area (Å²) in [5.74, 6) is -0.591. The second-order valence-electron chi connectivity index (χ2n) is 6.92. The van der Waals surface area contributed by atoms with Crippen LogP contribution >= 0.6 is 11.6 Å². The van der Waals surface area contributed by atoms with Crippen LogP contribution in [0.4, 0.5) is 15.8 Å². The van der Waals surface area contributed by atoms with Crippen molar-refractivity contribution in [2.24, 2.45) is 0 Å². The van der Waals surface area contributed by atoms with Gasteiger partial charge in [0.05, 0.1) is 16.4 Å². The van der Waals surface area contributed by atoms with Crippen molar-refractivity contribution in [3.63, 3.8) is 0 Å². The zero-order valence-electron chi connectivity index (χ0n) is 14.5. The van der Waals surface area contributed by atoms with E-state index in [9.17, 15) is 14.0 Å². The van der Waals surface area contributed by atoms with E-state index >= 15 is 0 Å². The number of benzene rings is 2. The summed E-state index contributed by atoms with van der Waals surface area (Å²) in [7, 11) is 0. The van der Waals surface area contributed by atoms with E-state index in [0.29, 0.717) is 19.4 Å². The van der Waals surface area contributed by atoms with Gasteiger partial charge >= 0.3 is 0 Å². The summed E-state index contributed by atoms with van der Waals surface area (Å²) in [5.41, 5.74) is 2.60. The molecule has 0 aliphatic carbocycles. The molecule has 2 N–H and O–H groups in total. The number of aryl methyl sites for hydroxylation is 1. The first-order valence-electron chi connectivity index (χ1n) is 8.91. The quantitative estimate of drug-likeness (QED) is 0.847. The molecule has 0 saturated carbocycles. The van der Waals surface area contributed by atoms with E-state index in [1.807, 2.05) is 24.3 Å². The molecule has 0 bridgehead atoms. The summed E-state index contributed by atoms with van der Waals surface area (Å²) in [6.07, 6.45) is 1.34. The molecule has 0 spiro atoms. The van der Waals surface area contributed by atoms with Crippen LogP contribution in [0.25, 0.3) is 0 Å². The Bertz CT molecular complexity index is 905. The Balaban J connectivity index is 1.36. The van der Waals surface area contributed by atoms with E-state index in [1.54, 1.807) is 12.1 Å². The fourth-order valence-corrected chi connectivity index (χ4v) is 3.96. The van der Waals surface area contributed by atoms with Crippen molar-refractivity contribution in [3.05, 3.63) is 58.9 Å². The second kappa shape index (κ2) is 7.19. The third-order valence-electron chi connectivity index (χ3n) is 5.06. The molecule has 2 aliphatic heterocycles. The van der Waals surface area contributed by atoms with E-state index in [1.165, 1.54) is 6.07 Å². The Labute approximate surface area is 161 Å². The summed E-state index contributed by atoms with van der Waals surface area (Å²) < 4.78 is 13.2. The van der Waals surface area contributed by atoms with Gasteiger partial charge in [0.25, 0.3) is 0 Å². The molecule has 2 unspecified atom stereocenters. The SMILES string of the molecule is O=C(CCc1ccc(F)c(Cl)c1)NC1CC2C(=O)Nc3ccccc3N2C1. The molecule has 7 heteroatoms. The minimum atomic E-state index is -0.467. The number of nitrogens with one attached hydrogen (secondary N) is 2. The van der Waals surface area contributed by atoms with Crippen molar-refractivity contribution < 1.29 is 14.0 Å². The number of halogens is 2. The van der Waals surface area contributed by atoms with Gasteiger partial charge in [0, 0.05) is 19.0 Å². The molecule has 2 heterocycles. The van der Waals surface area contributed by atoms with Crippen LogP contribution in [-0.4, -0.2) is 30.4 Å². The molecule has 0 radical (unpaired) electrons. The lowest BCUT2D eigenvalue weighted by Crippen LogP contribution is -2.44. The summed E-state index contributed by atoms with van der Waals surface area (Å²) in [6.45, 7) is 0.600. The summed E-state index contributed by atoms with van der Waals surface area (Å²) in [6, 6.07) is 11.8. The molecule has 140 valence electrons. The molecule has 1 fully saturated rings.